The van der Waals surface area contributed by atoms with Crippen LogP contribution in [0.4, 0.5) is 16.2 Å². The van der Waals surface area contributed by atoms with E-state index in [4.69, 9.17) is 4.74 Å². The van der Waals surface area contributed by atoms with E-state index in [9.17, 15) is 29.3 Å². The van der Waals surface area contributed by atoms with Crippen LogP contribution in [0.25, 0.3) is 0 Å². The number of carbonyl (C=O) groups excluding carboxylic acids is 4. The summed E-state index contributed by atoms with van der Waals surface area (Å²) in [5.41, 5.74) is 0.499. The van der Waals surface area contributed by atoms with Gasteiger partial charge in [0, 0.05) is 23.4 Å². The number of amides is 3. The zero-order valence-corrected chi connectivity index (χ0v) is 17.1. The van der Waals surface area contributed by atoms with Crippen LogP contribution < -0.4 is 5.32 Å². The first-order chi connectivity index (χ1) is 14.8. The molecule has 2 aromatic rings. The summed E-state index contributed by atoms with van der Waals surface area (Å²) in [4.78, 5) is 59.5. The number of imide groups is 1. The normalized spacial score (nSPS) is 13.3. The van der Waals surface area contributed by atoms with E-state index in [1.54, 1.807) is 31.2 Å². The molecule has 2 aromatic carbocycles. The van der Waals surface area contributed by atoms with Crippen molar-refractivity contribution < 1.29 is 28.8 Å². The van der Waals surface area contributed by atoms with Gasteiger partial charge in [-0.1, -0.05) is 23.9 Å². The highest BCUT2D eigenvalue weighted by Gasteiger charge is 2.29. The lowest BCUT2D eigenvalue weighted by atomic mass is 10.1. The number of hydrogen-bond donors (Lipinski definition) is 1. The highest BCUT2D eigenvalue weighted by molar-refractivity contribution is 8.14. The Hall–Kier alpha value is -3.73. The molecule has 31 heavy (non-hydrogen) atoms. The van der Waals surface area contributed by atoms with E-state index >= 15 is 0 Å². The Bertz CT molecular complexity index is 1050. The van der Waals surface area contributed by atoms with Crippen molar-refractivity contribution in [3.05, 3.63) is 69.3 Å². The van der Waals surface area contributed by atoms with Gasteiger partial charge in [0.05, 0.1) is 29.4 Å². The fourth-order valence-electron chi connectivity index (χ4n) is 2.79. The van der Waals surface area contributed by atoms with Gasteiger partial charge in [0.25, 0.3) is 16.8 Å². The molecule has 3 amide bonds. The van der Waals surface area contributed by atoms with Crippen molar-refractivity contribution in [2.24, 2.45) is 0 Å². The van der Waals surface area contributed by atoms with Crippen LogP contribution >= 0.6 is 11.8 Å². The number of carbonyl (C=O) groups is 4. The maximum absolute atomic E-state index is 12.6. The van der Waals surface area contributed by atoms with Crippen molar-refractivity contribution >= 4 is 46.2 Å². The van der Waals surface area contributed by atoms with Gasteiger partial charge in [0.15, 0.2) is 0 Å². The minimum absolute atomic E-state index is 0.0772. The molecule has 1 aliphatic rings. The third kappa shape index (κ3) is 5.25. The molecule has 0 bridgehead atoms. The van der Waals surface area contributed by atoms with Gasteiger partial charge in [0.1, 0.15) is 0 Å². The number of thioether (sulfide) groups is 1. The number of non-ortho nitro benzene ring substituents is 1. The van der Waals surface area contributed by atoms with E-state index in [2.05, 4.69) is 5.32 Å². The summed E-state index contributed by atoms with van der Waals surface area (Å²) in [5.74, 6) is -1.54. The van der Waals surface area contributed by atoms with Gasteiger partial charge in [-0.05, 0) is 30.7 Å². The van der Waals surface area contributed by atoms with E-state index in [0.717, 1.165) is 28.8 Å². The molecule has 1 fully saturated rings. The molecule has 1 saturated heterocycles. The van der Waals surface area contributed by atoms with E-state index in [1.165, 1.54) is 6.07 Å². The topological polar surface area (TPSA) is 136 Å². The van der Waals surface area contributed by atoms with Crippen LogP contribution in [-0.4, -0.2) is 45.2 Å². The largest absolute Gasteiger partial charge is 0.462 e. The molecule has 160 valence electrons. The van der Waals surface area contributed by atoms with Gasteiger partial charge in [-0.2, -0.15) is 0 Å². The average Bonchev–Trinajstić information content (AvgIpc) is 3.06. The summed E-state index contributed by atoms with van der Waals surface area (Å²) < 4.78 is 4.85. The fraction of sp³-hybridized carbons (Fsp3) is 0.200. The minimum atomic E-state index is -0.770. The Morgan fingerprint density at radius 3 is 2.42 bits per heavy atom. The van der Waals surface area contributed by atoms with Gasteiger partial charge < -0.3 is 10.1 Å². The number of ether oxygens (including phenoxy) is 1. The molecule has 0 saturated carbocycles. The summed E-state index contributed by atoms with van der Waals surface area (Å²) in [5, 5.41) is 13.5. The molecule has 1 heterocycles. The van der Waals surface area contributed by atoms with Crippen LogP contribution in [0.2, 0.25) is 0 Å². The third-order valence-electron chi connectivity index (χ3n) is 4.29. The van der Waals surface area contributed by atoms with E-state index in [-0.39, 0.29) is 41.2 Å². The maximum atomic E-state index is 12.6. The molecular formula is C20H17N3O7S. The minimum Gasteiger partial charge on any atom is -0.462 e. The van der Waals surface area contributed by atoms with Gasteiger partial charge in [-0.15, -0.1) is 0 Å². The second-order valence-electron chi connectivity index (χ2n) is 6.43. The first kappa shape index (κ1) is 22.0. The Morgan fingerprint density at radius 1 is 1.16 bits per heavy atom. The number of nitrogens with one attached hydrogen (secondary N) is 1. The zero-order valence-electron chi connectivity index (χ0n) is 16.3. The first-order valence-corrected chi connectivity index (χ1v) is 10.1. The van der Waals surface area contributed by atoms with Crippen LogP contribution in [0.5, 0.6) is 0 Å². The smallest absolute Gasteiger partial charge is 0.338 e. The summed E-state index contributed by atoms with van der Waals surface area (Å²) in [7, 11) is 0. The molecular weight excluding hydrogens is 426 g/mol. The highest BCUT2D eigenvalue weighted by atomic mass is 32.2. The molecule has 0 aromatic heterocycles. The Morgan fingerprint density at radius 2 is 1.84 bits per heavy atom. The van der Waals surface area contributed by atoms with Gasteiger partial charge in [-0.25, -0.2) is 4.79 Å². The Balaban J connectivity index is 1.75. The van der Waals surface area contributed by atoms with E-state index in [0.29, 0.717) is 11.3 Å². The molecule has 3 rings (SSSR count). The zero-order chi connectivity index (χ0) is 22.5. The van der Waals surface area contributed by atoms with Gasteiger partial charge >= 0.3 is 5.97 Å². The molecule has 0 radical (unpaired) electrons. The van der Waals surface area contributed by atoms with Crippen molar-refractivity contribution in [1.82, 2.24) is 4.90 Å². The van der Waals surface area contributed by atoms with Crippen molar-refractivity contribution in [3.8, 4) is 0 Å². The second-order valence-corrected chi connectivity index (χ2v) is 7.36. The van der Waals surface area contributed by atoms with Crippen LogP contribution in [0.1, 0.15) is 33.2 Å². The summed E-state index contributed by atoms with van der Waals surface area (Å²) in [6.07, 6.45) is 0. The number of esters is 1. The third-order valence-corrected chi connectivity index (χ3v) is 5.15. The van der Waals surface area contributed by atoms with Crippen LogP contribution in [-0.2, 0) is 16.1 Å². The SMILES string of the molecule is CCOC(=O)c1cc(C(=O)Nc2ccc(CN3C(=O)CSC3=O)cc2)cc([N+](=O)[O-])c1. The lowest BCUT2D eigenvalue weighted by Gasteiger charge is -2.13. The van der Waals surface area contributed by atoms with Crippen LogP contribution in [0, 0.1) is 10.1 Å². The molecule has 0 spiro atoms. The predicted octanol–water partition coefficient (Wildman–Crippen LogP) is 3.22. The molecule has 1 N–H and O–H groups in total. The maximum Gasteiger partial charge on any atom is 0.338 e. The number of nitro groups is 1. The predicted molar refractivity (Wildman–Crippen MR) is 112 cm³/mol. The number of nitro benzene ring substituents is 1. The van der Waals surface area contributed by atoms with Gasteiger partial charge in [0.2, 0.25) is 5.91 Å². The lowest BCUT2D eigenvalue weighted by Crippen LogP contribution is -2.27. The quantitative estimate of drug-likeness (QED) is 0.391. The van der Waals surface area contributed by atoms with Crippen molar-refractivity contribution in [2.75, 3.05) is 17.7 Å². The first-order valence-electron chi connectivity index (χ1n) is 9.12. The summed E-state index contributed by atoms with van der Waals surface area (Å²) in [6.45, 7) is 1.82. The molecule has 0 unspecified atom stereocenters. The average molecular weight is 443 g/mol. The number of anilines is 1. The standard InChI is InChI=1S/C20H17N3O7S/c1-2-30-19(26)14-7-13(8-16(9-14)23(28)29)18(25)21-15-5-3-12(4-6-15)10-22-17(24)11-31-20(22)27/h3-9H,2,10-11H2,1H3,(H,21,25). The molecule has 10 nitrogen and oxygen atoms in total. The Labute approximate surface area is 180 Å². The van der Waals surface area contributed by atoms with Gasteiger partial charge in [-0.3, -0.25) is 29.4 Å². The van der Waals surface area contributed by atoms with Crippen molar-refractivity contribution in [2.45, 2.75) is 13.5 Å². The number of rotatable bonds is 7. The Kier molecular flexibility index (Phi) is 6.65. The van der Waals surface area contributed by atoms with Crippen molar-refractivity contribution in [3.63, 3.8) is 0 Å². The summed E-state index contributed by atoms with van der Waals surface area (Å²) >= 11 is 0.951. The van der Waals surface area contributed by atoms with E-state index in [1.807, 2.05) is 0 Å². The van der Waals surface area contributed by atoms with Crippen LogP contribution in [0.15, 0.2) is 42.5 Å². The van der Waals surface area contributed by atoms with E-state index < -0.39 is 22.5 Å². The molecule has 0 atom stereocenters. The van der Waals surface area contributed by atoms with Crippen molar-refractivity contribution in [1.29, 1.82) is 0 Å². The number of hydrogen-bond acceptors (Lipinski definition) is 8. The number of benzene rings is 2. The molecule has 1 aliphatic heterocycles. The number of nitrogens with zero attached hydrogens (tertiary/aromatic N) is 2. The second kappa shape index (κ2) is 9.39. The fourth-order valence-corrected chi connectivity index (χ4v) is 3.52. The highest BCUT2D eigenvalue weighted by Crippen LogP contribution is 2.23. The monoisotopic (exact) mass is 443 g/mol. The molecule has 11 heteroatoms. The lowest BCUT2D eigenvalue weighted by molar-refractivity contribution is -0.384. The molecule has 0 aliphatic carbocycles. The summed E-state index contributed by atoms with van der Waals surface area (Å²) in [6, 6.07) is 9.78. The van der Waals surface area contributed by atoms with Crippen LogP contribution in [0.3, 0.4) is 0 Å².